The highest BCUT2D eigenvalue weighted by Gasteiger charge is 2.46. The molecule has 0 heterocycles. The van der Waals surface area contributed by atoms with E-state index in [0.29, 0.717) is 10.9 Å². The number of amides is 1. The molecular formula is C23H32BrNO8. The van der Waals surface area contributed by atoms with Gasteiger partial charge in [0.05, 0.1) is 49.1 Å². The van der Waals surface area contributed by atoms with Gasteiger partial charge in [-0.15, -0.1) is 6.58 Å². The summed E-state index contributed by atoms with van der Waals surface area (Å²) in [6.07, 6.45) is 1.58. The van der Waals surface area contributed by atoms with Gasteiger partial charge in [-0.05, 0) is 49.5 Å². The first-order valence-electron chi connectivity index (χ1n) is 10.2. The Labute approximate surface area is 202 Å². The molecule has 0 aliphatic rings. The van der Waals surface area contributed by atoms with Gasteiger partial charge in [0.1, 0.15) is 5.75 Å². The molecule has 1 N–H and O–H groups in total. The van der Waals surface area contributed by atoms with E-state index in [1.165, 1.54) is 34.3 Å². The normalized spacial score (nSPS) is 13.0. The Morgan fingerprint density at radius 3 is 2.21 bits per heavy atom. The molecule has 0 spiro atoms. The minimum atomic E-state index is -1.75. The number of nitrogens with one attached hydrogen (secondary N) is 1. The molecule has 0 radical (unpaired) electrons. The van der Waals surface area contributed by atoms with Crippen LogP contribution >= 0.6 is 15.9 Å². The van der Waals surface area contributed by atoms with Gasteiger partial charge in [0.25, 0.3) is 0 Å². The second-order valence-electron chi connectivity index (χ2n) is 8.22. The van der Waals surface area contributed by atoms with E-state index in [-0.39, 0.29) is 35.1 Å². The summed E-state index contributed by atoms with van der Waals surface area (Å²) >= 11 is 3.38. The van der Waals surface area contributed by atoms with E-state index in [9.17, 15) is 14.4 Å². The molecular weight excluding hydrogens is 498 g/mol. The molecule has 0 aliphatic heterocycles. The van der Waals surface area contributed by atoms with Crippen LogP contribution < -0.4 is 14.8 Å². The Bertz CT molecular complexity index is 893. The van der Waals surface area contributed by atoms with Crippen molar-refractivity contribution in [2.75, 3.05) is 26.6 Å². The standard InChI is InChI=1S/C23H32BrNO8/c1-9-10-11-23(21(28)31-8,33-32-22(3,4)5)13-16(27)18-19(24)17(29-6)12-15(20(18)30-7)25-14(2)26/h9,12H,1,10-11,13H2,2-8H3,(H,25,26). The SMILES string of the molecule is C=CCCC(CC(=O)c1c(Br)c(OC)cc(NC(C)=O)c1OC)(OOC(C)(C)C)C(=O)OC. The topological polar surface area (TPSA) is 109 Å². The molecule has 0 saturated carbocycles. The molecule has 1 amide bonds. The third-order valence-electron chi connectivity index (χ3n) is 4.40. The summed E-state index contributed by atoms with van der Waals surface area (Å²) < 4.78 is 16.1. The second-order valence-corrected chi connectivity index (χ2v) is 9.02. The highest BCUT2D eigenvalue weighted by Crippen LogP contribution is 2.43. The number of benzene rings is 1. The molecule has 0 aromatic heterocycles. The number of halogens is 1. The molecule has 1 aromatic carbocycles. The maximum absolute atomic E-state index is 13.6. The lowest BCUT2D eigenvalue weighted by molar-refractivity contribution is -0.396. The fourth-order valence-corrected chi connectivity index (χ4v) is 3.63. The van der Waals surface area contributed by atoms with E-state index in [0.717, 1.165) is 0 Å². The van der Waals surface area contributed by atoms with Crippen LogP contribution in [0.1, 0.15) is 57.3 Å². The molecule has 0 bridgehead atoms. The summed E-state index contributed by atoms with van der Waals surface area (Å²) in [6, 6.07) is 1.52. The van der Waals surface area contributed by atoms with Gasteiger partial charge >= 0.3 is 5.97 Å². The Morgan fingerprint density at radius 2 is 1.76 bits per heavy atom. The molecule has 1 unspecified atom stereocenters. The maximum atomic E-state index is 13.6. The van der Waals surface area contributed by atoms with Gasteiger partial charge in [-0.2, -0.15) is 0 Å². The third kappa shape index (κ3) is 7.55. The number of hydrogen-bond donors (Lipinski definition) is 1. The molecule has 1 aromatic rings. The molecule has 33 heavy (non-hydrogen) atoms. The minimum Gasteiger partial charge on any atom is -0.495 e. The van der Waals surface area contributed by atoms with Crippen molar-refractivity contribution in [1.82, 2.24) is 0 Å². The van der Waals surface area contributed by atoms with E-state index in [2.05, 4.69) is 27.8 Å². The fraction of sp³-hybridized carbons (Fsp3) is 0.522. The summed E-state index contributed by atoms with van der Waals surface area (Å²) in [7, 11) is 3.98. The number of ether oxygens (including phenoxy) is 3. The summed E-state index contributed by atoms with van der Waals surface area (Å²) in [5.74, 6) is -1.29. The fourth-order valence-electron chi connectivity index (χ4n) is 2.95. The lowest BCUT2D eigenvalue weighted by Gasteiger charge is -2.32. The first-order valence-corrected chi connectivity index (χ1v) is 11.0. The molecule has 0 saturated heterocycles. The van der Waals surface area contributed by atoms with Crippen molar-refractivity contribution < 1.29 is 38.4 Å². The van der Waals surface area contributed by atoms with Gasteiger partial charge in [0.15, 0.2) is 11.5 Å². The Morgan fingerprint density at radius 1 is 1.12 bits per heavy atom. The van der Waals surface area contributed by atoms with Gasteiger partial charge in [0, 0.05) is 13.0 Å². The average Bonchev–Trinajstić information content (AvgIpc) is 2.74. The molecule has 0 fully saturated rings. The predicted molar refractivity (Wildman–Crippen MR) is 127 cm³/mol. The summed E-state index contributed by atoms with van der Waals surface area (Å²) in [6.45, 7) is 10.2. The number of hydrogen-bond acceptors (Lipinski definition) is 8. The van der Waals surface area contributed by atoms with Crippen LogP contribution in [0.3, 0.4) is 0 Å². The summed E-state index contributed by atoms with van der Waals surface area (Å²) in [5, 5.41) is 2.62. The van der Waals surface area contributed by atoms with E-state index in [4.69, 9.17) is 24.0 Å². The molecule has 10 heteroatoms. The van der Waals surface area contributed by atoms with Crippen LogP contribution in [0, 0.1) is 0 Å². The van der Waals surface area contributed by atoms with Crippen LogP contribution in [0.5, 0.6) is 11.5 Å². The lowest BCUT2D eigenvalue weighted by atomic mass is 9.88. The number of Topliss-reactive ketones (excluding diaryl/α,β-unsaturated/α-hetero) is 1. The van der Waals surface area contributed by atoms with Gasteiger partial charge < -0.3 is 19.5 Å². The van der Waals surface area contributed by atoms with Crippen molar-refractivity contribution in [2.24, 2.45) is 0 Å². The Kier molecular flexibility index (Phi) is 10.5. The highest BCUT2D eigenvalue weighted by molar-refractivity contribution is 9.10. The number of rotatable bonds is 12. The average molecular weight is 530 g/mol. The predicted octanol–water partition coefficient (Wildman–Crippen LogP) is 4.62. The van der Waals surface area contributed by atoms with E-state index in [1.807, 2.05) is 0 Å². The first-order chi connectivity index (χ1) is 15.4. The van der Waals surface area contributed by atoms with Crippen molar-refractivity contribution >= 4 is 39.3 Å². The van der Waals surface area contributed by atoms with Crippen LogP contribution in [0.2, 0.25) is 0 Å². The number of anilines is 1. The first kappa shape index (κ1) is 28.6. The quantitative estimate of drug-likeness (QED) is 0.137. The second kappa shape index (κ2) is 12.2. The minimum absolute atomic E-state index is 0.0619. The van der Waals surface area contributed by atoms with Crippen molar-refractivity contribution in [2.45, 2.75) is 58.2 Å². The van der Waals surface area contributed by atoms with E-state index in [1.54, 1.807) is 26.8 Å². The van der Waals surface area contributed by atoms with Crippen molar-refractivity contribution in [3.63, 3.8) is 0 Å². The number of methoxy groups -OCH3 is 3. The Hall–Kier alpha value is -2.43. The zero-order valence-electron chi connectivity index (χ0n) is 20.1. The molecule has 0 aliphatic carbocycles. The van der Waals surface area contributed by atoms with Crippen molar-refractivity contribution in [3.05, 3.63) is 28.8 Å². The summed E-state index contributed by atoms with van der Waals surface area (Å²) in [5.41, 5.74) is -2.22. The van der Waals surface area contributed by atoms with Gasteiger partial charge in [0.2, 0.25) is 11.5 Å². The smallest absolute Gasteiger partial charge is 0.342 e. The largest absolute Gasteiger partial charge is 0.495 e. The molecule has 184 valence electrons. The van der Waals surface area contributed by atoms with Gasteiger partial charge in [-0.3, -0.25) is 9.59 Å². The van der Waals surface area contributed by atoms with Crippen LogP contribution in [0.25, 0.3) is 0 Å². The lowest BCUT2D eigenvalue weighted by Crippen LogP contribution is -2.46. The van der Waals surface area contributed by atoms with Crippen molar-refractivity contribution in [1.29, 1.82) is 0 Å². The zero-order chi connectivity index (χ0) is 25.4. The highest BCUT2D eigenvalue weighted by atomic mass is 79.9. The number of ketones is 1. The summed E-state index contributed by atoms with van der Waals surface area (Å²) in [4.78, 5) is 49.2. The van der Waals surface area contributed by atoms with Gasteiger partial charge in [-0.25, -0.2) is 14.6 Å². The third-order valence-corrected chi connectivity index (χ3v) is 5.19. The number of carbonyl (C=O) groups is 3. The zero-order valence-corrected chi connectivity index (χ0v) is 21.7. The molecule has 1 atom stereocenters. The number of carbonyl (C=O) groups excluding carboxylic acids is 3. The molecule has 9 nitrogen and oxygen atoms in total. The number of esters is 1. The van der Waals surface area contributed by atoms with E-state index < -0.39 is 29.4 Å². The van der Waals surface area contributed by atoms with Crippen LogP contribution in [-0.4, -0.2) is 50.2 Å². The number of allylic oxidation sites excluding steroid dienone is 1. The van der Waals surface area contributed by atoms with Gasteiger partial charge in [-0.1, -0.05) is 6.08 Å². The molecule has 1 rings (SSSR count). The van der Waals surface area contributed by atoms with Crippen LogP contribution in [-0.2, 0) is 24.1 Å². The van der Waals surface area contributed by atoms with Crippen LogP contribution in [0.15, 0.2) is 23.2 Å². The van der Waals surface area contributed by atoms with E-state index >= 15 is 0 Å². The van der Waals surface area contributed by atoms with Crippen LogP contribution in [0.4, 0.5) is 5.69 Å². The monoisotopic (exact) mass is 529 g/mol. The Balaban J connectivity index is 3.64. The maximum Gasteiger partial charge on any atom is 0.342 e. The van der Waals surface area contributed by atoms with Crippen molar-refractivity contribution in [3.8, 4) is 11.5 Å².